The van der Waals surface area contributed by atoms with Gasteiger partial charge >= 0.3 is 6.09 Å². The number of carbonyl (C=O) groups is 2. The van der Waals surface area contributed by atoms with Crippen LogP contribution < -0.4 is 5.48 Å². The number of carbonyl (C=O) groups excluding carboxylic acids is 1. The van der Waals surface area contributed by atoms with Crippen LogP contribution in [0.2, 0.25) is 0 Å². The van der Waals surface area contributed by atoms with Crippen LogP contribution in [0.4, 0.5) is 4.79 Å². The Morgan fingerprint density at radius 2 is 2.08 bits per heavy atom. The fourth-order valence-corrected chi connectivity index (χ4v) is 5.45. The highest BCUT2D eigenvalue weighted by atomic mass is 16.8. The van der Waals surface area contributed by atoms with E-state index in [4.69, 9.17) is 9.57 Å². The summed E-state index contributed by atoms with van der Waals surface area (Å²) in [6.45, 7) is 3.11. The van der Waals surface area contributed by atoms with E-state index in [-0.39, 0.29) is 18.2 Å². The standard InChI is InChI=1S/C29H33N3O5/c1-19-22(24-6-2-3-7-25(24)30-19)15-16-32(29(34)35)26-13-11-21-18-20(9-12-23(21)26)10-14-27(33)31-37-28-8-4-5-17-36-28/h2-3,6-7,9-10,12,14,18,26,28,30H,4-5,8,11,13,15-17H2,1H3,(H,31,33)(H,34,35)/b14-10+. The number of fused-ring (bicyclic) bond motifs is 2. The molecule has 1 saturated heterocycles. The van der Waals surface area contributed by atoms with Crippen molar-refractivity contribution in [3.63, 3.8) is 0 Å². The number of aromatic amines is 1. The van der Waals surface area contributed by atoms with Crippen LogP contribution >= 0.6 is 0 Å². The first kappa shape index (κ1) is 25.0. The zero-order chi connectivity index (χ0) is 25.8. The lowest BCUT2D eigenvalue weighted by Gasteiger charge is -2.27. The van der Waals surface area contributed by atoms with Crippen LogP contribution in [0.15, 0.2) is 48.5 Å². The molecule has 2 aliphatic rings. The number of carboxylic acid groups (broad SMARTS) is 1. The van der Waals surface area contributed by atoms with E-state index < -0.39 is 6.09 Å². The van der Waals surface area contributed by atoms with E-state index in [1.807, 2.05) is 43.3 Å². The first-order valence-electron chi connectivity index (χ1n) is 12.9. The van der Waals surface area contributed by atoms with E-state index in [0.717, 1.165) is 71.0 Å². The van der Waals surface area contributed by atoms with E-state index in [9.17, 15) is 14.7 Å². The van der Waals surface area contributed by atoms with E-state index in [0.29, 0.717) is 19.6 Å². The quantitative estimate of drug-likeness (QED) is 0.287. The predicted octanol–water partition coefficient (Wildman–Crippen LogP) is 5.27. The van der Waals surface area contributed by atoms with Gasteiger partial charge in [-0.1, -0.05) is 36.4 Å². The fraction of sp³-hybridized carbons (Fsp3) is 0.379. The van der Waals surface area contributed by atoms with E-state index in [1.54, 1.807) is 11.0 Å². The van der Waals surface area contributed by atoms with Gasteiger partial charge in [-0.2, -0.15) is 0 Å². The highest BCUT2D eigenvalue weighted by Crippen LogP contribution is 2.37. The zero-order valence-electron chi connectivity index (χ0n) is 21.0. The summed E-state index contributed by atoms with van der Waals surface area (Å²) < 4.78 is 5.44. The van der Waals surface area contributed by atoms with Gasteiger partial charge in [0.2, 0.25) is 0 Å². The molecule has 0 saturated carbocycles. The van der Waals surface area contributed by atoms with Crippen molar-refractivity contribution in [2.75, 3.05) is 13.2 Å². The van der Waals surface area contributed by atoms with Crippen LogP contribution in [-0.4, -0.2) is 46.4 Å². The van der Waals surface area contributed by atoms with Crippen LogP contribution in [-0.2, 0) is 27.2 Å². The number of para-hydroxylation sites is 1. The molecule has 1 aliphatic heterocycles. The summed E-state index contributed by atoms with van der Waals surface area (Å²) in [7, 11) is 0. The molecule has 194 valence electrons. The molecule has 8 nitrogen and oxygen atoms in total. The average molecular weight is 504 g/mol. The Balaban J connectivity index is 1.23. The Kier molecular flexibility index (Phi) is 7.58. The third-order valence-electron chi connectivity index (χ3n) is 7.32. The van der Waals surface area contributed by atoms with Crippen LogP contribution in [0.1, 0.15) is 59.7 Å². The Bertz CT molecular complexity index is 1310. The minimum Gasteiger partial charge on any atom is -0.465 e. The molecular weight excluding hydrogens is 470 g/mol. The molecule has 2 heterocycles. The van der Waals surface area contributed by atoms with Crippen molar-refractivity contribution in [3.8, 4) is 0 Å². The second-order valence-electron chi connectivity index (χ2n) is 9.73. The molecule has 8 heteroatoms. The second-order valence-corrected chi connectivity index (χ2v) is 9.73. The van der Waals surface area contributed by atoms with Gasteiger partial charge in [-0.3, -0.25) is 4.79 Å². The maximum absolute atomic E-state index is 12.3. The zero-order valence-corrected chi connectivity index (χ0v) is 21.0. The van der Waals surface area contributed by atoms with Crippen molar-refractivity contribution in [2.24, 2.45) is 0 Å². The lowest BCUT2D eigenvalue weighted by molar-refractivity contribution is -0.198. The van der Waals surface area contributed by atoms with E-state index in [1.165, 1.54) is 6.08 Å². The van der Waals surface area contributed by atoms with Gasteiger partial charge in [0.1, 0.15) is 0 Å². The minimum atomic E-state index is -0.905. The highest BCUT2D eigenvalue weighted by molar-refractivity contribution is 5.91. The van der Waals surface area contributed by atoms with Gasteiger partial charge < -0.3 is 19.7 Å². The van der Waals surface area contributed by atoms with Crippen LogP contribution in [0.25, 0.3) is 17.0 Å². The minimum absolute atomic E-state index is 0.178. The Hall–Kier alpha value is -3.62. The summed E-state index contributed by atoms with van der Waals surface area (Å²) >= 11 is 0. The monoisotopic (exact) mass is 503 g/mol. The number of hydrogen-bond acceptors (Lipinski definition) is 4. The Morgan fingerprint density at radius 3 is 2.89 bits per heavy atom. The number of nitrogens with one attached hydrogen (secondary N) is 2. The molecule has 1 aliphatic carbocycles. The second kappa shape index (κ2) is 11.2. The summed E-state index contributed by atoms with van der Waals surface area (Å²) in [6.07, 6.45) is 6.88. The molecule has 0 bridgehead atoms. The molecule has 5 rings (SSSR count). The number of hydroxylamine groups is 1. The Labute approximate surface area is 216 Å². The molecule has 2 aromatic carbocycles. The predicted molar refractivity (Wildman–Crippen MR) is 141 cm³/mol. The number of benzene rings is 2. The topological polar surface area (TPSA) is 104 Å². The van der Waals surface area contributed by atoms with Crippen LogP contribution in [0.3, 0.4) is 0 Å². The van der Waals surface area contributed by atoms with Gasteiger partial charge in [-0.05, 0) is 73.4 Å². The lowest BCUT2D eigenvalue weighted by Crippen LogP contribution is -2.34. The average Bonchev–Trinajstić information content (AvgIpc) is 3.47. The molecule has 37 heavy (non-hydrogen) atoms. The summed E-state index contributed by atoms with van der Waals surface area (Å²) in [5, 5.41) is 11.2. The van der Waals surface area contributed by atoms with Gasteiger partial charge in [-0.15, -0.1) is 0 Å². The van der Waals surface area contributed by atoms with Gasteiger partial charge in [-0.25, -0.2) is 15.1 Å². The fourth-order valence-electron chi connectivity index (χ4n) is 5.45. The molecule has 2 unspecified atom stereocenters. The number of ether oxygens (including phenoxy) is 1. The molecule has 3 N–H and O–H groups in total. The van der Waals surface area contributed by atoms with Crippen LogP contribution in [0.5, 0.6) is 0 Å². The summed E-state index contributed by atoms with van der Waals surface area (Å²) in [5.41, 5.74) is 8.79. The van der Waals surface area contributed by atoms with E-state index in [2.05, 4.69) is 16.5 Å². The molecular formula is C29H33N3O5. The molecule has 3 aromatic rings. The summed E-state index contributed by atoms with van der Waals surface area (Å²) in [5.74, 6) is -0.350. The first-order chi connectivity index (χ1) is 18.0. The number of amides is 2. The number of aryl methyl sites for hydroxylation is 2. The molecule has 1 aromatic heterocycles. The third kappa shape index (κ3) is 5.70. The molecule has 2 amide bonds. The number of rotatable bonds is 8. The number of H-pyrrole nitrogens is 1. The van der Waals surface area contributed by atoms with Gasteiger partial charge in [0.15, 0.2) is 6.29 Å². The van der Waals surface area contributed by atoms with Gasteiger partial charge in [0, 0.05) is 42.2 Å². The molecule has 1 fully saturated rings. The third-order valence-corrected chi connectivity index (χ3v) is 7.32. The molecule has 0 spiro atoms. The summed E-state index contributed by atoms with van der Waals surface area (Å²) in [4.78, 5) is 34.7. The highest BCUT2D eigenvalue weighted by Gasteiger charge is 2.31. The van der Waals surface area contributed by atoms with Gasteiger partial charge in [0.05, 0.1) is 6.04 Å². The number of aromatic nitrogens is 1. The van der Waals surface area contributed by atoms with E-state index >= 15 is 0 Å². The molecule has 0 radical (unpaired) electrons. The van der Waals surface area contributed by atoms with Crippen molar-refractivity contribution in [2.45, 2.75) is 57.8 Å². The number of hydrogen-bond donors (Lipinski definition) is 3. The number of nitrogens with zero attached hydrogens (tertiary/aromatic N) is 1. The molecule has 2 atom stereocenters. The van der Waals surface area contributed by atoms with Crippen molar-refractivity contribution in [3.05, 3.63) is 76.5 Å². The largest absolute Gasteiger partial charge is 0.465 e. The van der Waals surface area contributed by atoms with Crippen molar-refractivity contribution < 1.29 is 24.3 Å². The van der Waals surface area contributed by atoms with Crippen molar-refractivity contribution in [1.29, 1.82) is 0 Å². The maximum atomic E-state index is 12.3. The van der Waals surface area contributed by atoms with Crippen LogP contribution in [0, 0.1) is 6.92 Å². The normalized spacial score (nSPS) is 19.3. The summed E-state index contributed by atoms with van der Waals surface area (Å²) in [6, 6.07) is 13.9. The first-order valence-corrected chi connectivity index (χ1v) is 12.9. The van der Waals surface area contributed by atoms with Gasteiger partial charge in [0.25, 0.3) is 5.91 Å². The lowest BCUT2D eigenvalue weighted by atomic mass is 10.0. The van der Waals surface area contributed by atoms with Crippen molar-refractivity contribution in [1.82, 2.24) is 15.4 Å². The van der Waals surface area contributed by atoms with Crippen molar-refractivity contribution >= 4 is 29.0 Å². The Morgan fingerprint density at radius 1 is 1.22 bits per heavy atom. The SMILES string of the molecule is Cc1[nH]c2ccccc2c1CCN(C(=O)O)C1CCc2cc(/C=C/C(=O)NOC3CCCCO3)ccc21. The smallest absolute Gasteiger partial charge is 0.407 e. The maximum Gasteiger partial charge on any atom is 0.407 e.